The number of benzene rings is 1. The second-order valence-corrected chi connectivity index (χ2v) is 9.41. The van der Waals surface area contributed by atoms with Crippen molar-refractivity contribution < 1.29 is 26.7 Å². The van der Waals surface area contributed by atoms with Crippen LogP contribution in [0.2, 0.25) is 0 Å². The lowest BCUT2D eigenvalue weighted by atomic mass is 10.0. The first-order valence-corrected chi connectivity index (χ1v) is 12.7. The van der Waals surface area contributed by atoms with Crippen LogP contribution in [0.1, 0.15) is 109 Å². The first-order chi connectivity index (χ1) is 14.5. The van der Waals surface area contributed by atoms with Crippen LogP contribution < -0.4 is 18.6 Å². The zero-order valence-electron chi connectivity index (χ0n) is 22.0. The van der Waals surface area contributed by atoms with E-state index in [1.54, 1.807) is 0 Å². The van der Waals surface area contributed by atoms with E-state index in [0.29, 0.717) is 11.1 Å². The highest BCUT2D eigenvalue weighted by Crippen LogP contribution is 2.32. The quantitative estimate of drug-likeness (QED) is 0.157. The summed E-state index contributed by atoms with van der Waals surface area (Å²) in [6, 6.07) is 9.82. The molecule has 1 rings (SSSR count). The number of halogens is 2. The molecule has 0 bridgehead atoms. The minimum absolute atomic E-state index is 0. The number of ether oxygens (including phenoxy) is 1. The van der Waals surface area contributed by atoms with Crippen LogP contribution in [0.5, 0.6) is 0 Å². The summed E-state index contributed by atoms with van der Waals surface area (Å²) in [5.41, 5.74) is 0.835. The maximum absolute atomic E-state index is 11.4. The zero-order chi connectivity index (χ0) is 22.1. The van der Waals surface area contributed by atoms with Crippen LogP contribution >= 0.6 is 12.4 Å². The van der Waals surface area contributed by atoms with E-state index >= 15 is 0 Å². The Labute approximate surface area is 217 Å². The van der Waals surface area contributed by atoms with Gasteiger partial charge < -0.3 is 23.7 Å². The lowest BCUT2D eigenvalue weighted by Crippen LogP contribution is -3.00. The van der Waals surface area contributed by atoms with Gasteiger partial charge in [0, 0.05) is 0 Å². The topological polar surface area (TPSA) is 64.5 Å². The van der Waals surface area contributed by atoms with E-state index in [1.807, 2.05) is 37.3 Å². The third-order valence-electron chi connectivity index (χ3n) is 6.39. The van der Waals surface area contributed by atoms with Crippen LogP contribution in [-0.4, -0.2) is 36.8 Å². The van der Waals surface area contributed by atoms with Crippen LogP contribution in [0.3, 0.4) is 0 Å². The van der Waals surface area contributed by atoms with Gasteiger partial charge in [0.15, 0.2) is 0 Å². The van der Waals surface area contributed by atoms with E-state index in [9.17, 15) is 5.11 Å². The Kier molecular flexibility index (Phi) is 24.9. The van der Waals surface area contributed by atoms with Crippen molar-refractivity contribution in [3.05, 3.63) is 35.9 Å². The Hall–Kier alpha value is -0.360. The number of hydrogen-bond acceptors (Lipinski definition) is 3. The van der Waals surface area contributed by atoms with Crippen molar-refractivity contribution in [3.8, 4) is 0 Å². The molecule has 1 unspecified atom stereocenters. The van der Waals surface area contributed by atoms with E-state index in [1.165, 1.54) is 83.5 Å². The average molecular weight is 510 g/mol. The lowest BCUT2D eigenvalue weighted by molar-refractivity contribution is -1.01. The summed E-state index contributed by atoms with van der Waals surface area (Å²) in [5, 5.41) is 11.4. The van der Waals surface area contributed by atoms with E-state index in [2.05, 4.69) is 21.0 Å². The van der Waals surface area contributed by atoms with Gasteiger partial charge in [-0.15, -0.1) is 12.4 Å². The Morgan fingerprint density at radius 3 is 1.52 bits per heavy atom. The van der Waals surface area contributed by atoms with Gasteiger partial charge in [-0.25, -0.2) is 0 Å². The Bertz CT molecular complexity index is 532. The molecule has 0 aliphatic rings. The predicted molar refractivity (Wildman–Crippen MR) is 142 cm³/mol. The number of rotatable bonds is 19. The average Bonchev–Trinajstić information content (AvgIpc) is 2.74. The fourth-order valence-corrected chi connectivity index (χ4v) is 4.32. The summed E-state index contributed by atoms with van der Waals surface area (Å²) in [4.78, 5) is 0. The van der Waals surface area contributed by atoms with Crippen LogP contribution in [0.15, 0.2) is 30.3 Å². The van der Waals surface area contributed by atoms with Gasteiger partial charge in [0.2, 0.25) is 0 Å². The molecule has 4 N–H and O–H groups in total. The third-order valence-corrected chi connectivity index (χ3v) is 6.39. The number of aliphatic hydroxyl groups is 1. The molecule has 0 saturated carbocycles. The molecule has 4 nitrogen and oxygen atoms in total. The first kappa shape index (κ1) is 37.2. The Balaban J connectivity index is -0.00000300. The summed E-state index contributed by atoms with van der Waals surface area (Å²) in [7, 11) is 4.15. The summed E-state index contributed by atoms with van der Waals surface area (Å²) < 4.78 is 6.31. The third kappa shape index (κ3) is 14.6. The highest BCUT2D eigenvalue weighted by atomic mass is 35.5. The van der Waals surface area contributed by atoms with Gasteiger partial charge in [-0.3, -0.25) is 9.22 Å². The molecule has 1 atom stereocenters. The fourth-order valence-electron chi connectivity index (χ4n) is 4.32. The summed E-state index contributed by atoms with van der Waals surface area (Å²) in [6.07, 6.45) is 19.1. The second kappa shape index (κ2) is 22.1. The number of unbranched alkanes of at least 4 members (excludes halogenated alkanes) is 13. The van der Waals surface area contributed by atoms with Crippen LogP contribution in [0.25, 0.3) is 0 Å². The van der Waals surface area contributed by atoms with Crippen LogP contribution in [-0.2, 0) is 10.6 Å². The maximum Gasteiger partial charge on any atom is 0.344 e. The molecule has 0 aromatic heterocycles. The van der Waals surface area contributed by atoms with Gasteiger partial charge >= 0.3 is 5.91 Å². The molecular weight excluding hydrogens is 455 g/mol. The van der Waals surface area contributed by atoms with E-state index in [0.717, 1.165) is 18.5 Å². The molecule has 6 heteroatoms. The minimum Gasteiger partial charge on any atom is -1.00 e. The van der Waals surface area contributed by atoms with Crippen molar-refractivity contribution in [2.75, 3.05) is 27.2 Å². The largest absolute Gasteiger partial charge is 1.00 e. The maximum atomic E-state index is 11.4. The molecule has 0 aliphatic heterocycles. The zero-order valence-corrected chi connectivity index (χ0v) is 23.6. The molecule has 0 amide bonds. The highest BCUT2D eigenvalue weighted by Gasteiger charge is 2.46. The van der Waals surface area contributed by atoms with Gasteiger partial charge in [-0.2, -0.15) is 0 Å². The van der Waals surface area contributed by atoms with Crippen molar-refractivity contribution in [2.45, 2.75) is 110 Å². The molecule has 0 radical (unpaired) electrons. The first-order valence-electron chi connectivity index (χ1n) is 12.7. The number of hydrogen-bond donors (Lipinski definition) is 2. The van der Waals surface area contributed by atoms with Crippen LogP contribution in [0, 0.1) is 0 Å². The smallest absolute Gasteiger partial charge is 0.344 e. The van der Waals surface area contributed by atoms with Crippen molar-refractivity contribution in [2.24, 2.45) is 0 Å². The summed E-state index contributed by atoms with van der Waals surface area (Å²) >= 11 is 0. The monoisotopic (exact) mass is 508 g/mol. The SMILES string of the molecule is CCCCCCCCCCCCCCCC[N+](C)(C)C(O)(OCC)c1ccccc1.Cl.N.[Cl-]. The summed E-state index contributed by atoms with van der Waals surface area (Å²) in [6.45, 7) is 5.63. The van der Waals surface area contributed by atoms with Crippen molar-refractivity contribution >= 4 is 12.4 Å². The highest BCUT2D eigenvalue weighted by molar-refractivity contribution is 5.85. The molecule has 198 valence electrons. The Morgan fingerprint density at radius 2 is 1.12 bits per heavy atom. The number of quaternary nitrogens is 1. The van der Waals surface area contributed by atoms with Gasteiger partial charge in [0.05, 0.1) is 32.8 Å². The van der Waals surface area contributed by atoms with Crippen LogP contribution in [0.4, 0.5) is 0 Å². The Morgan fingerprint density at radius 1 is 0.727 bits per heavy atom. The second-order valence-electron chi connectivity index (χ2n) is 9.41. The molecule has 33 heavy (non-hydrogen) atoms. The lowest BCUT2D eigenvalue weighted by Gasteiger charge is -2.43. The normalized spacial score (nSPS) is 12.8. The molecule has 0 spiro atoms. The predicted octanol–water partition coefficient (Wildman–Crippen LogP) is 4.97. The molecular formula is C27H54Cl2N2O2. The van der Waals surface area contributed by atoms with E-state index in [-0.39, 0.29) is 31.0 Å². The molecule has 0 saturated heterocycles. The molecule has 1 aromatic carbocycles. The van der Waals surface area contributed by atoms with Crippen molar-refractivity contribution in [1.82, 2.24) is 6.15 Å². The molecule has 0 heterocycles. The molecule has 1 aromatic rings. The van der Waals surface area contributed by atoms with Crippen molar-refractivity contribution in [3.63, 3.8) is 0 Å². The minimum atomic E-state index is -1.29. The van der Waals surface area contributed by atoms with E-state index in [4.69, 9.17) is 4.74 Å². The van der Waals surface area contributed by atoms with Gasteiger partial charge in [0.1, 0.15) is 0 Å². The number of nitrogens with zero attached hydrogens (tertiary/aromatic N) is 1. The fraction of sp³-hybridized carbons (Fsp3) is 0.778. The van der Waals surface area contributed by atoms with Crippen molar-refractivity contribution in [1.29, 1.82) is 0 Å². The molecule has 0 fully saturated rings. The standard InChI is InChI=1S/C27H50NO2.2ClH.H3N/c1-5-7-8-9-10-11-12-13-14-15-16-17-18-22-25-28(3,4)27(29,30-6-2)26-23-20-19-21-24-26;;;/h19-21,23-24,29H,5-18,22,25H2,1-4H3;2*1H;1H3/q+1;;;/p-1. The van der Waals surface area contributed by atoms with E-state index < -0.39 is 5.91 Å². The summed E-state index contributed by atoms with van der Waals surface area (Å²) in [5.74, 6) is -1.29. The van der Waals surface area contributed by atoms with Gasteiger partial charge in [-0.05, 0) is 31.9 Å². The van der Waals surface area contributed by atoms with Gasteiger partial charge in [0.25, 0.3) is 0 Å². The molecule has 0 aliphatic carbocycles. The van der Waals surface area contributed by atoms with Gasteiger partial charge in [-0.1, -0.05) is 102 Å².